The third-order valence-electron chi connectivity index (χ3n) is 6.13. The molecule has 0 aromatic heterocycles. The largest absolute Gasteiger partial charge is 0.341 e. The number of fused-ring (bicyclic) bond motifs is 1. The van der Waals surface area contributed by atoms with Crippen molar-refractivity contribution >= 4 is 5.91 Å². The van der Waals surface area contributed by atoms with Crippen LogP contribution < -0.4 is 0 Å². The van der Waals surface area contributed by atoms with Crippen LogP contribution in [0.1, 0.15) is 44.9 Å². The van der Waals surface area contributed by atoms with Crippen LogP contribution in [-0.2, 0) is 4.79 Å². The molecule has 1 amide bonds. The minimum absolute atomic E-state index is 0.396. The molecular formula is C17H28N2O. The summed E-state index contributed by atoms with van der Waals surface area (Å²) in [5.41, 5.74) is 0. The Morgan fingerprint density at radius 2 is 1.60 bits per heavy atom. The van der Waals surface area contributed by atoms with Crippen molar-refractivity contribution in [3.63, 3.8) is 0 Å². The molecule has 0 radical (unpaired) electrons. The number of hydrogen-bond donors (Lipinski definition) is 0. The predicted molar refractivity (Wildman–Crippen MR) is 79.3 cm³/mol. The first-order valence-electron chi connectivity index (χ1n) is 8.84. The molecule has 2 unspecified atom stereocenters. The minimum Gasteiger partial charge on any atom is -0.341 e. The summed E-state index contributed by atoms with van der Waals surface area (Å²) in [7, 11) is 0. The third kappa shape index (κ3) is 2.61. The molecule has 3 nitrogen and oxygen atoms in total. The van der Waals surface area contributed by atoms with Crippen molar-refractivity contribution in [2.24, 2.45) is 23.7 Å². The summed E-state index contributed by atoms with van der Waals surface area (Å²) >= 11 is 0. The number of hydrogen-bond acceptors (Lipinski definition) is 2. The van der Waals surface area contributed by atoms with Gasteiger partial charge in [0.2, 0.25) is 5.91 Å². The topological polar surface area (TPSA) is 23.6 Å². The van der Waals surface area contributed by atoms with Crippen molar-refractivity contribution in [3.05, 3.63) is 0 Å². The van der Waals surface area contributed by atoms with Crippen molar-refractivity contribution < 1.29 is 4.79 Å². The van der Waals surface area contributed by atoms with E-state index < -0.39 is 0 Å². The summed E-state index contributed by atoms with van der Waals surface area (Å²) < 4.78 is 0. The second kappa shape index (κ2) is 5.32. The van der Waals surface area contributed by atoms with Crippen LogP contribution in [0.25, 0.3) is 0 Å². The quantitative estimate of drug-likeness (QED) is 0.790. The zero-order chi connectivity index (χ0) is 13.5. The number of nitrogens with zero attached hydrogens (tertiary/aromatic N) is 2. The van der Waals surface area contributed by atoms with Crippen molar-refractivity contribution in [1.82, 2.24) is 9.80 Å². The third-order valence-corrected chi connectivity index (χ3v) is 6.13. The minimum atomic E-state index is 0.396. The molecule has 0 bridgehead atoms. The normalized spacial score (nSPS) is 38.2. The van der Waals surface area contributed by atoms with Gasteiger partial charge in [0.05, 0.1) is 0 Å². The molecule has 1 heterocycles. The molecule has 20 heavy (non-hydrogen) atoms. The van der Waals surface area contributed by atoms with E-state index in [4.69, 9.17) is 0 Å². The smallest absolute Gasteiger partial charge is 0.225 e. The zero-order valence-electron chi connectivity index (χ0n) is 12.6. The summed E-state index contributed by atoms with van der Waals surface area (Å²) in [5.74, 6) is 3.98. The molecule has 0 aromatic carbocycles. The Hall–Kier alpha value is -0.570. The van der Waals surface area contributed by atoms with E-state index in [1.54, 1.807) is 0 Å². The van der Waals surface area contributed by atoms with Gasteiger partial charge in [-0.25, -0.2) is 0 Å². The van der Waals surface area contributed by atoms with E-state index >= 15 is 0 Å². The predicted octanol–water partition coefficient (Wildman–Crippen LogP) is 2.37. The average Bonchev–Trinajstić information content (AvgIpc) is 3.36. The van der Waals surface area contributed by atoms with Gasteiger partial charge < -0.3 is 9.80 Å². The number of amides is 1. The van der Waals surface area contributed by atoms with E-state index in [1.165, 1.54) is 45.2 Å². The lowest BCUT2D eigenvalue weighted by atomic mass is 10.0. The first-order chi connectivity index (χ1) is 9.83. The molecule has 3 heteroatoms. The first kappa shape index (κ1) is 13.1. The van der Waals surface area contributed by atoms with Gasteiger partial charge in [-0.1, -0.05) is 12.8 Å². The number of rotatable bonds is 3. The molecule has 1 aliphatic heterocycles. The lowest BCUT2D eigenvalue weighted by Gasteiger charge is -2.22. The Kier molecular flexibility index (Phi) is 3.49. The monoisotopic (exact) mass is 276 g/mol. The van der Waals surface area contributed by atoms with Gasteiger partial charge in [-0.2, -0.15) is 0 Å². The van der Waals surface area contributed by atoms with Gasteiger partial charge >= 0.3 is 0 Å². The maximum atomic E-state index is 12.2. The Labute approximate surface area is 122 Å². The molecule has 4 rings (SSSR count). The highest BCUT2D eigenvalue weighted by atomic mass is 16.2. The molecular weight excluding hydrogens is 248 g/mol. The van der Waals surface area contributed by atoms with E-state index in [2.05, 4.69) is 9.80 Å². The molecule has 4 fully saturated rings. The molecule has 1 saturated heterocycles. The van der Waals surface area contributed by atoms with E-state index in [9.17, 15) is 4.79 Å². The summed E-state index contributed by atoms with van der Waals surface area (Å²) in [5, 5.41) is 0. The molecule has 2 atom stereocenters. The van der Waals surface area contributed by atoms with Crippen molar-refractivity contribution in [3.8, 4) is 0 Å². The van der Waals surface area contributed by atoms with Gasteiger partial charge in [0.15, 0.2) is 0 Å². The van der Waals surface area contributed by atoms with Crippen molar-refractivity contribution in [2.45, 2.75) is 44.9 Å². The van der Waals surface area contributed by atoms with Gasteiger partial charge in [-0.05, 0) is 56.4 Å². The highest BCUT2D eigenvalue weighted by Crippen LogP contribution is 2.55. The van der Waals surface area contributed by atoms with Gasteiger partial charge in [-0.15, -0.1) is 0 Å². The van der Waals surface area contributed by atoms with Crippen LogP contribution in [0.3, 0.4) is 0 Å². The van der Waals surface area contributed by atoms with Crippen LogP contribution in [0.2, 0.25) is 0 Å². The summed E-state index contributed by atoms with van der Waals surface area (Å²) in [4.78, 5) is 17.0. The molecule has 0 spiro atoms. The standard InChI is InChI=1S/C17H28N2O/c20-17(13-6-7-13)19-9-3-8-18(10-11-19)12-16-14-4-1-2-5-15(14)16/h13-16H,1-12H2. The Morgan fingerprint density at radius 1 is 0.850 bits per heavy atom. The second-order valence-electron chi connectivity index (χ2n) is 7.53. The van der Waals surface area contributed by atoms with Gasteiger partial charge in [0.25, 0.3) is 0 Å². The highest BCUT2D eigenvalue weighted by Gasteiger charge is 2.50. The van der Waals surface area contributed by atoms with E-state index in [1.807, 2.05) is 0 Å². The van der Waals surface area contributed by atoms with Crippen LogP contribution in [0, 0.1) is 23.7 Å². The van der Waals surface area contributed by atoms with Crippen LogP contribution >= 0.6 is 0 Å². The number of carbonyl (C=O) groups is 1. The molecule has 4 aliphatic rings. The Balaban J connectivity index is 1.27. The molecule has 3 saturated carbocycles. The molecule has 3 aliphatic carbocycles. The van der Waals surface area contributed by atoms with E-state index in [0.29, 0.717) is 11.8 Å². The Bertz CT molecular complexity index is 367. The zero-order valence-corrected chi connectivity index (χ0v) is 12.6. The van der Waals surface area contributed by atoms with Gasteiger partial charge in [-0.3, -0.25) is 4.79 Å². The van der Waals surface area contributed by atoms with Crippen LogP contribution in [0.15, 0.2) is 0 Å². The lowest BCUT2D eigenvalue weighted by molar-refractivity contribution is -0.132. The number of carbonyl (C=O) groups excluding carboxylic acids is 1. The average molecular weight is 276 g/mol. The lowest BCUT2D eigenvalue weighted by Crippen LogP contribution is -2.36. The van der Waals surface area contributed by atoms with Crippen molar-refractivity contribution in [1.29, 1.82) is 0 Å². The summed E-state index contributed by atoms with van der Waals surface area (Å²) in [6, 6.07) is 0. The molecule has 112 valence electrons. The van der Waals surface area contributed by atoms with Gasteiger partial charge in [0.1, 0.15) is 0 Å². The molecule has 0 aromatic rings. The van der Waals surface area contributed by atoms with Crippen molar-refractivity contribution in [2.75, 3.05) is 32.7 Å². The van der Waals surface area contributed by atoms with Gasteiger partial charge in [0, 0.05) is 32.1 Å². The fourth-order valence-corrected chi connectivity index (χ4v) is 4.67. The fourth-order valence-electron chi connectivity index (χ4n) is 4.67. The maximum absolute atomic E-state index is 12.2. The summed E-state index contributed by atoms with van der Waals surface area (Å²) in [6.45, 7) is 5.64. The van der Waals surface area contributed by atoms with E-state index in [0.717, 1.165) is 50.2 Å². The maximum Gasteiger partial charge on any atom is 0.225 e. The SMILES string of the molecule is O=C(C1CC1)N1CCCN(CC2C3CCCCC32)CC1. The van der Waals surface area contributed by atoms with E-state index in [-0.39, 0.29) is 0 Å². The highest BCUT2D eigenvalue weighted by molar-refractivity contribution is 5.81. The fraction of sp³-hybridized carbons (Fsp3) is 0.941. The van der Waals surface area contributed by atoms with Crippen LogP contribution in [-0.4, -0.2) is 48.4 Å². The molecule has 0 N–H and O–H groups in total. The second-order valence-corrected chi connectivity index (χ2v) is 7.53. The Morgan fingerprint density at radius 3 is 2.30 bits per heavy atom. The first-order valence-corrected chi connectivity index (χ1v) is 8.84. The summed E-state index contributed by atoms with van der Waals surface area (Å²) in [6.07, 6.45) is 9.41. The van der Waals surface area contributed by atoms with Crippen LogP contribution in [0.4, 0.5) is 0 Å². The van der Waals surface area contributed by atoms with Crippen LogP contribution in [0.5, 0.6) is 0 Å².